The fourth-order valence-corrected chi connectivity index (χ4v) is 6.39. The number of hydrogen-bond donors (Lipinski definition) is 3. The van der Waals surface area contributed by atoms with Crippen molar-refractivity contribution in [2.45, 2.75) is 25.8 Å². The van der Waals surface area contributed by atoms with Crippen molar-refractivity contribution >= 4 is 45.4 Å². The third-order valence-electron chi connectivity index (χ3n) is 7.22. The number of hydrogen-bond acceptors (Lipinski definition) is 10. The molecular weight excluding hydrogens is 599 g/mol. The van der Waals surface area contributed by atoms with Gasteiger partial charge in [-0.2, -0.15) is 5.10 Å². The third-order valence-corrected chi connectivity index (χ3v) is 8.38. The molecule has 1 atom stereocenters. The first-order valence-corrected chi connectivity index (χ1v) is 14.8. The highest BCUT2D eigenvalue weighted by molar-refractivity contribution is 7.15. The highest BCUT2D eigenvalue weighted by Crippen LogP contribution is 2.41. The Bertz CT molecular complexity index is 2030. The molecule has 4 heterocycles. The van der Waals surface area contributed by atoms with E-state index in [1.165, 1.54) is 23.3 Å². The van der Waals surface area contributed by atoms with E-state index in [1.807, 2.05) is 25.1 Å². The van der Waals surface area contributed by atoms with E-state index in [0.29, 0.717) is 33.4 Å². The fourth-order valence-electron chi connectivity index (χ4n) is 5.27. The molecule has 2 aromatic carbocycles. The number of aromatic nitrogens is 4. The van der Waals surface area contributed by atoms with Gasteiger partial charge in [0.2, 0.25) is 0 Å². The molecule has 6 aromatic rings. The van der Waals surface area contributed by atoms with Crippen LogP contribution in [0.25, 0.3) is 43.5 Å². The normalized spacial score (nSPS) is 11.9. The van der Waals surface area contributed by atoms with Crippen molar-refractivity contribution in [3.63, 3.8) is 0 Å². The predicted molar refractivity (Wildman–Crippen MR) is 172 cm³/mol. The number of phenolic OH excluding ortho intramolecular Hbond substituents is 1. The summed E-state index contributed by atoms with van der Waals surface area (Å²) in [4.78, 5) is 34.5. The molecular formula is C32H31FN6O5S. The Balaban J connectivity index is 0.00000128. The molecule has 232 valence electrons. The monoisotopic (exact) mass is 630 g/mol. The van der Waals surface area contributed by atoms with Crippen molar-refractivity contribution < 1.29 is 23.8 Å². The highest BCUT2D eigenvalue weighted by atomic mass is 32.1. The third kappa shape index (κ3) is 6.40. The van der Waals surface area contributed by atoms with Crippen LogP contribution >= 0.6 is 11.3 Å². The summed E-state index contributed by atoms with van der Waals surface area (Å²) in [6, 6.07) is 14.6. The lowest BCUT2D eigenvalue weighted by atomic mass is 10.0. The topological polar surface area (TPSA) is 161 Å². The Morgan fingerprint density at radius 3 is 2.58 bits per heavy atom. The van der Waals surface area contributed by atoms with E-state index in [9.17, 15) is 14.3 Å². The smallest absolute Gasteiger partial charge is 0.343 e. The molecule has 13 heteroatoms. The van der Waals surface area contributed by atoms with Crippen LogP contribution in [0.2, 0.25) is 0 Å². The van der Waals surface area contributed by atoms with Crippen LogP contribution in [-0.2, 0) is 11.2 Å². The quantitative estimate of drug-likeness (QED) is 0.182. The van der Waals surface area contributed by atoms with Crippen LogP contribution in [0.4, 0.5) is 10.2 Å². The average molecular weight is 631 g/mol. The maximum atomic E-state index is 14.3. The SMILES string of the molecule is CC(c1oc(=O)c2ccccc2c1-c1ccc(CCCN(C)C)s1)n1nc(-c2cc(O)cc(F)c2)c2c(N)ncnc21.O=CO. The molecule has 0 aliphatic carbocycles. The largest absolute Gasteiger partial charge is 0.508 e. The number of rotatable bonds is 8. The van der Waals surface area contributed by atoms with E-state index < -0.39 is 17.5 Å². The number of thiophene rings is 1. The summed E-state index contributed by atoms with van der Waals surface area (Å²) in [5.74, 6) is -0.315. The first-order chi connectivity index (χ1) is 21.6. The van der Waals surface area contributed by atoms with E-state index in [0.717, 1.165) is 41.3 Å². The van der Waals surface area contributed by atoms with Crippen molar-refractivity contribution in [3.05, 3.63) is 87.8 Å². The van der Waals surface area contributed by atoms with Crippen molar-refractivity contribution in [2.75, 3.05) is 26.4 Å². The number of nitrogens with zero attached hydrogens (tertiary/aromatic N) is 5. The number of nitrogens with two attached hydrogens (primary N) is 1. The number of halogens is 1. The van der Waals surface area contributed by atoms with Gasteiger partial charge in [0.25, 0.3) is 6.47 Å². The maximum Gasteiger partial charge on any atom is 0.343 e. The molecule has 4 aromatic heterocycles. The summed E-state index contributed by atoms with van der Waals surface area (Å²) in [6.45, 7) is 2.60. The molecule has 0 saturated carbocycles. The average Bonchev–Trinajstić information content (AvgIpc) is 3.62. The van der Waals surface area contributed by atoms with E-state index in [-0.39, 0.29) is 18.0 Å². The van der Waals surface area contributed by atoms with Gasteiger partial charge in [-0.25, -0.2) is 23.8 Å². The van der Waals surface area contributed by atoms with Crippen molar-refractivity contribution in [1.82, 2.24) is 24.6 Å². The van der Waals surface area contributed by atoms with Gasteiger partial charge in [0, 0.05) is 32.3 Å². The Morgan fingerprint density at radius 1 is 1.13 bits per heavy atom. The number of phenols is 1. The van der Waals surface area contributed by atoms with Crippen molar-refractivity contribution in [3.8, 4) is 27.4 Å². The first kappa shape index (κ1) is 31.3. The van der Waals surface area contributed by atoms with Crippen molar-refractivity contribution in [1.29, 1.82) is 0 Å². The van der Waals surface area contributed by atoms with Crippen LogP contribution in [0.1, 0.15) is 30.0 Å². The van der Waals surface area contributed by atoms with Crippen LogP contribution in [0.5, 0.6) is 5.75 Å². The number of aromatic hydroxyl groups is 1. The summed E-state index contributed by atoms with van der Waals surface area (Å²) in [5.41, 5.74) is 7.60. The van der Waals surface area contributed by atoms with Gasteiger partial charge in [0.15, 0.2) is 5.65 Å². The Labute approximate surface area is 261 Å². The lowest BCUT2D eigenvalue weighted by molar-refractivity contribution is -0.122. The van der Waals surface area contributed by atoms with Crippen LogP contribution in [-0.4, -0.2) is 62.0 Å². The Hall–Kier alpha value is -5.14. The molecule has 0 saturated heterocycles. The number of carboxylic acid groups (broad SMARTS) is 1. The summed E-state index contributed by atoms with van der Waals surface area (Å²) < 4.78 is 21.9. The molecule has 0 fully saturated rings. The summed E-state index contributed by atoms with van der Waals surface area (Å²) >= 11 is 1.67. The second kappa shape index (κ2) is 13.2. The number of anilines is 1. The molecule has 0 spiro atoms. The first-order valence-electron chi connectivity index (χ1n) is 14.0. The highest BCUT2D eigenvalue weighted by Gasteiger charge is 2.27. The standard InChI is InChI=1S/C31H29FN6O3S.CH2O2/c1-17(38-30-26(29(33)34-16-35-30)27(36-38)18-13-19(32)15-20(39)14-18)28-25(22-8-4-5-9-23(22)31(40)41-28)24-11-10-21(42-24)7-6-12-37(2)3;2-1-3/h4-5,8-11,13-17,39H,6-7,12H2,1-3H3,(H2,33,34,35);1H,(H,2,3). The molecule has 4 N–H and O–H groups in total. The van der Waals surface area contributed by atoms with E-state index in [4.69, 9.17) is 25.2 Å². The lowest BCUT2D eigenvalue weighted by Crippen LogP contribution is -2.14. The molecule has 1 unspecified atom stereocenters. The van der Waals surface area contributed by atoms with Gasteiger partial charge in [-0.15, -0.1) is 11.3 Å². The van der Waals surface area contributed by atoms with E-state index >= 15 is 0 Å². The predicted octanol–water partition coefficient (Wildman–Crippen LogP) is 5.56. The molecule has 0 bridgehead atoms. The summed E-state index contributed by atoms with van der Waals surface area (Å²) in [7, 11) is 4.12. The van der Waals surface area contributed by atoms with E-state index in [1.54, 1.807) is 22.1 Å². The fraction of sp³-hybridized carbons (Fsp3) is 0.219. The second-order valence-corrected chi connectivity index (χ2v) is 11.7. The Kier molecular flexibility index (Phi) is 9.21. The number of nitrogen functional groups attached to an aromatic ring is 1. The molecule has 0 aliphatic heterocycles. The van der Waals surface area contributed by atoms with Gasteiger partial charge in [-0.05, 0) is 70.7 Å². The number of carbonyl (C=O) groups is 1. The van der Waals surface area contributed by atoms with Gasteiger partial charge < -0.3 is 25.3 Å². The second-order valence-electron chi connectivity index (χ2n) is 10.6. The maximum absolute atomic E-state index is 14.3. The van der Waals surface area contributed by atoms with Gasteiger partial charge in [-0.3, -0.25) is 4.79 Å². The van der Waals surface area contributed by atoms with Gasteiger partial charge in [0.05, 0.1) is 10.8 Å². The molecule has 0 radical (unpaired) electrons. The lowest BCUT2D eigenvalue weighted by Gasteiger charge is -2.17. The van der Waals surface area contributed by atoms with Gasteiger partial charge in [0.1, 0.15) is 41.2 Å². The molecule has 0 amide bonds. The molecule has 6 rings (SSSR count). The van der Waals surface area contributed by atoms with Crippen molar-refractivity contribution in [2.24, 2.45) is 0 Å². The van der Waals surface area contributed by atoms with Crippen LogP contribution in [0.3, 0.4) is 0 Å². The minimum Gasteiger partial charge on any atom is -0.508 e. The van der Waals surface area contributed by atoms with Crippen LogP contribution in [0.15, 0.2) is 70.1 Å². The zero-order chi connectivity index (χ0) is 32.2. The summed E-state index contributed by atoms with van der Waals surface area (Å²) in [6.07, 6.45) is 3.29. The number of fused-ring (bicyclic) bond motifs is 2. The van der Waals surface area contributed by atoms with Crippen LogP contribution < -0.4 is 11.4 Å². The molecule has 45 heavy (non-hydrogen) atoms. The Morgan fingerprint density at radius 2 is 1.87 bits per heavy atom. The zero-order valence-corrected chi connectivity index (χ0v) is 25.6. The molecule has 11 nitrogen and oxygen atoms in total. The minimum absolute atomic E-state index is 0.151. The molecule has 0 aliphatic rings. The van der Waals surface area contributed by atoms with Gasteiger partial charge in [-0.1, -0.05) is 18.2 Å². The van der Waals surface area contributed by atoms with E-state index in [2.05, 4.69) is 41.1 Å². The summed E-state index contributed by atoms with van der Waals surface area (Å²) in [5, 5.41) is 23.4. The number of aryl methyl sites for hydroxylation is 1. The zero-order valence-electron chi connectivity index (χ0n) is 24.8. The number of benzene rings is 2. The van der Waals surface area contributed by atoms with Gasteiger partial charge >= 0.3 is 5.63 Å². The van der Waals surface area contributed by atoms with Crippen LogP contribution in [0, 0.1) is 5.82 Å². The minimum atomic E-state index is -0.627.